The van der Waals surface area contributed by atoms with Crippen LogP contribution < -0.4 is 10.6 Å². The highest BCUT2D eigenvalue weighted by Gasteiger charge is 2.30. The molecule has 0 aliphatic carbocycles. The van der Waals surface area contributed by atoms with Crippen molar-refractivity contribution < 1.29 is 15.0 Å². The van der Waals surface area contributed by atoms with Gasteiger partial charge in [0.15, 0.2) is 0 Å². The molecule has 8 nitrogen and oxygen atoms in total. The van der Waals surface area contributed by atoms with E-state index >= 15 is 0 Å². The van der Waals surface area contributed by atoms with E-state index in [1.165, 1.54) is 18.0 Å². The zero-order valence-electron chi connectivity index (χ0n) is 17.2. The number of hydrazone groups is 1. The van der Waals surface area contributed by atoms with E-state index in [9.17, 15) is 25.1 Å². The van der Waals surface area contributed by atoms with Crippen molar-refractivity contribution in [3.63, 3.8) is 0 Å². The Labute approximate surface area is 173 Å². The summed E-state index contributed by atoms with van der Waals surface area (Å²) >= 11 is 0. The lowest BCUT2D eigenvalue weighted by Gasteiger charge is -2.15. The van der Waals surface area contributed by atoms with Gasteiger partial charge in [-0.05, 0) is 62.6 Å². The summed E-state index contributed by atoms with van der Waals surface area (Å²) in [5.41, 5.74) is 3.00. The molecule has 2 heterocycles. The SMILES string of the molecule is CC1=NN(c2ccc(C)c(C)c2)C(=O)/C1=C/c1c(C)c(C#N)c(=O)n(CCO)c1O. The Morgan fingerprint density at radius 1 is 1.17 bits per heavy atom. The van der Waals surface area contributed by atoms with Crippen LogP contribution in [0.15, 0.2) is 33.7 Å². The number of hydrogen-bond acceptors (Lipinski definition) is 6. The second-order valence-corrected chi connectivity index (χ2v) is 7.16. The second-order valence-electron chi connectivity index (χ2n) is 7.16. The lowest BCUT2D eigenvalue weighted by molar-refractivity contribution is -0.114. The number of carbonyl (C=O) groups excluding carboxylic acids is 1. The highest BCUT2D eigenvalue weighted by atomic mass is 16.3. The lowest BCUT2D eigenvalue weighted by Crippen LogP contribution is -2.26. The van der Waals surface area contributed by atoms with Gasteiger partial charge in [-0.1, -0.05) is 6.07 Å². The van der Waals surface area contributed by atoms with Crippen LogP contribution >= 0.6 is 0 Å². The van der Waals surface area contributed by atoms with E-state index in [0.717, 1.165) is 15.7 Å². The maximum Gasteiger partial charge on any atom is 0.280 e. The number of hydrogen-bond donors (Lipinski definition) is 2. The molecule has 30 heavy (non-hydrogen) atoms. The monoisotopic (exact) mass is 406 g/mol. The maximum atomic E-state index is 13.1. The minimum atomic E-state index is -0.691. The molecule has 0 saturated heterocycles. The Hall–Kier alpha value is -3.70. The normalized spacial score (nSPS) is 14.9. The zero-order valence-corrected chi connectivity index (χ0v) is 17.2. The molecular weight excluding hydrogens is 384 g/mol. The van der Waals surface area contributed by atoms with Gasteiger partial charge in [0.05, 0.1) is 30.1 Å². The van der Waals surface area contributed by atoms with E-state index in [1.807, 2.05) is 32.0 Å². The number of aliphatic hydroxyl groups excluding tert-OH is 1. The van der Waals surface area contributed by atoms with E-state index < -0.39 is 18.0 Å². The average molecular weight is 406 g/mol. The first kappa shape index (κ1) is 21.0. The van der Waals surface area contributed by atoms with Crippen LogP contribution in [0.2, 0.25) is 0 Å². The van der Waals surface area contributed by atoms with Gasteiger partial charge >= 0.3 is 0 Å². The van der Waals surface area contributed by atoms with Gasteiger partial charge in [-0.2, -0.15) is 15.4 Å². The average Bonchev–Trinajstić information content (AvgIpc) is 2.99. The maximum absolute atomic E-state index is 13.1. The summed E-state index contributed by atoms with van der Waals surface area (Å²) in [5.74, 6) is -0.795. The van der Waals surface area contributed by atoms with Gasteiger partial charge in [0.2, 0.25) is 5.88 Å². The van der Waals surface area contributed by atoms with Gasteiger partial charge in [-0.25, -0.2) is 0 Å². The van der Waals surface area contributed by atoms with E-state index in [4.69, 9.17) is 0 Å². The van der Waals surface area contributed by atoms with E-state index in [1.54, 1.807) is 13.0 Å². The van der Waals surface area contributed by atoms with Crippen molar-refractivity contribution >= 4 is 23.4 Å². The third-order valence-corrected chi connectivity index (χ3v) is 5.26. The van der Waals surface area contributed by atoms with Gasteiger partial charge in [-0.3, -0.25) is 14.2 Å². The van der Waals surface area contributed by atoms with E-state index in [-0.39, 0.29) is 34.7 Å². The fourth-order valence-corrected chi connectivity index (χ4v) is 3.31. The first-order valence-corrected chi connectivity index (χ1v) is 9.37. The number of nitrogens with zero attached hydrogens (tertiary/aromatic N) is 4. The summed E-state index contributed by atoms with van der Waals surface area (Å²) in [6.07, 6.45) is 1.43. The van der Waals surface area contributed by atoms with Crippen LogP contribution in [0.25, 0.3) is 6.08 Å². The van der Waals surface area contributed by atoms with Crippen molar-refractivity contribution in [1.82, 2.24) is 4.57 Å². The molecule has 3 rings (SSSR count). The zero-order chi connectivity index (χ0) is 22.2. The van der Waals surface area contributed by atoms with Crippen molar-refractivity contribution in [1.29, 1.82) is 5.26 Å². The van der Waals surface area contributed by atoms with Crippen molar-refractivity contribution in [2.45, 2.75) is 34.2 Å². The van der Waals surface area contributed by atoms with Crippen molar-refractivity contribution in [3.8, 4) is 11.9 Å². The minimum absolute atomic E-state index is 0.154. The topological polar surface area (TPSA) is 119 Å². The smallest absolute Gasteiger partial charge is 0.280 e. The van der Waals surface area contributed by atoms with Gasteiger partial charge < -0.3 is 10.2 Å². The van der Waals surface area contributed by atoms with Crippen LogP contribution in [0, 0.1) is 32.1 Å². The number of nitriles is 1. The summed E-state index contributed by atoms with van der Waals surface area (Å²) in [5, 5.41) is 34.8. The third-order valence-electron chi connectivity index (χ3n) is 5.26. The fraction of sp³-hybridized carbons (Fsp3) is 0.273. The minimum Gasteiger partial charge on any atom is -0.494 e. The molecule has 1 aliphatic heterocycles. The van der Waals surface area contributed by atoms with Gasteiger partial charge in [-0.15, -0.1) is 0 Å². The van der Waals surface area contributed by atoms with E-state index in [2.05, 4.69) is 5.10 Å². The lowest BCUT2D eigenvalue weighted by atomic mass is 10.0. The predicted octanol–water partition coefficient (Wildman–Crippen LogP) is 2.15. The van der Waals surface area contributed by atoms with Gasteiger partial charge in [0.25, 0.3) is 11.5 Å². The number of aromatic nitrogens is 1. The van der Waals surface area contributed by atoms with Crippen molar-refractivity contribution in [2.24, 2.45) is 5.10 Å². The summed E-state index contributed by atoms with van der Waals surface area (Å²) in [6.45, 7) is 6.56. The first-order chi connectivity index (χ1) is 14.2. The molecule has 0 radical (unpaired) electrons. The van der Waals surface area contributed by atoms with Crippen LogP contribution in [0.4, 0.5) is 5.69 Å². The number of aryl methyl sites for hydroxylation is 2. The predicted molar refractivity (Wildman–Crippen MR) is 113 cm³/mol. The molecule has 0 spiro atoms. The van der Waals surface area contributed by atoms with Crippen LogP contribution in [-0.4, -0.2) is 33.0 Å². The summed E-state index contributed by atoms with van der Waals surface area (Å²) in [4.78, 5) is 25.5. The molecule has 2 N–H and O–H groups in total. The van der Waals surface area contributed by atoms with Crippen LogP contribution in [0.5, 0.6) is 5.88 Å². The Bertz CT molecular complexity index is 1220. The number of pyridine rings is 1. The number of amides is 1. The Morgan fingerprint density at radius 3 is 2.47 bits per heavy atom. The molecule has 1 aliphatic rings. The number of benzene rings is 1. The Morgan fingerprint density at radius 2 is 1.87 bits per heavy atom. The van der Waals surface area contributed by atoms with Crippen LogP contribution in [-0.2, 0) is 11.3 Å². The second kappa shape index (κ2) is 7.97. The van der Waals surface area contributed by atoms with Crippen molar-refractivity contribution in [3.05, 3.63) is 61.9 Å². The molecule has 1 aromatic heterocycles. The Kier molecular flexibility index (Phi) is 5.58. The molecule has 0 saturated carbocycles. The number of carbonyl (C=O) groups is 1. The van der Waals surface area contributed by atoms with Gasteiger partial charge in [0.1, 0.15) is 11.6 Å². The molecule has 154 valence electrons. The van der Waals surface area contributed by atoms with Crippen molar-refractivity contribution in [2.75, 3.05) is 11.6 Å². The molecule has 1 aromatic carbocycles. The molecule has 0 fully saturated rings. The number of aromatic hydroxyl groups is 1. The highest BCUT2D eigenvalue weighted by molar-refractivity contribution is 6.32. The standard InChI is InChI=1S/C22H22N4O4/c1-12-5-6-16(9-13(12)2)26-22(30)18(15(4)24-26)10-17-14(3)19(11-23)21(29)25(7-8-27)20(17)28/h5-6,9-10,27-28H,7-8H2,1-4H3/b18-10+. The molecule has 1 amide bonds. The third kappa shape index (κ3) is 3.40. The molecular formula is C22H22N4O4. The quantitative estimate of drug-likeness (QED) is 0.754. The number of rotatable bonds is 4. The largest absolute Gasteiger partial charge is 0.494 e. The summed E-state index contributed by atoms with van der Waals surface area (Å²) < 4.78 is 0.922. The molecule has 0 bridgehead atoms. The fourth-order valence-electron chi connectivity index (χ4n) is 3.31. The molecule has 0 atom stereocenters. The molecule has 0 unspecified atom stereocenters. The summed E-state index contributed by atoms with van der Waals surface area (Å²) in [7, 11) is 0. The molecule has 2 aromatic rings. The molecule has 8 heteroatoms. The van der Waals surface area contributed by atoms with E-state index in [0.29, 0.717) is 11.4 Å². The summed E-state index contributed by atoms with van der Waals surface area (Å²) in [6, 6.07) is 7.42. The number of anilines is 1. The van der Waals surface area contributed by atoms with Crippen LogP contribution in [0.3, 0.4) is 0 Å². The Balaban J connectivity index is 2.14. The van der Waals surface area contributed by atoms with Crippen LogP contribution in [0.1, 0.15) is 34.7 Å². The number of aliphatic hydroxyl groups is 1. The first-order valence-electron chi connectivity index (χ1n) is 9.37. The van der Waals surface area contributed by atoms with Gasteiger partial charge in [0, 0.05) is 5.56 Å². The highest BCUT2D eigenvalue weighted by Crippen LogP contribution is 2.30.